The normalized spacial score (nSPS) is 14.8. The second-order valence-electron chi connectivity index (χ2n) is 5.01. The summed E-state index contributed by atoms with van der Waals surface area (Å²) >= 11 is 0. The van der Waals surface area contributed by atoms with E-state index in [1.807, 2.05) is 24.3 Å². The van der Waals surface area contributed by atoms with E-state index in [4.69, 9.17) is 0 Å². The predicted octanol–water partition coefficient (Wildman–Crippen LogP) is 4.66. The van der Waals surface area contributed by atoms with Gasteiger partial charge in [0.25, 0.3) is 0 Å². The zero-order valence-corrected chi connectivity index (χ0v) is 13.3. The SMILES string of the molecule is CC(C)(C)C.[C-]1=CC=CC1.[C-]1=CC=CC1.[Zr+2]. The summed E-state index contributed by atoms with van der Waals surface area (Å²) in [4.78, 5) is 0. The van der Waals surface area contributed by atoms with Crippen molar-refractivity contribution in [2.24, 2.45) is 5.41 Å². The molecule has 0 N–H and O–H groups in total. The quantitative estimate of drug-likeness (QED) is 0.570. The molecule has 0 fully saturated rings. The molecule has 2 aliphatic carbocycles. The van der Waals surface area contributed by atoms with E-state index < -0.39 is 0 Å². The number of rotatable bonds is 0. The molecule has 0 aliphatic heterocycles. The molecule has 0 aromatic heterocycles. The Morgan fingerprint density at radius 1 is 0.812 bits per heavy atom. The molecule has 0 aromatic rings. The molecule has 2 aliphatic rings. The minimum atomic E-state index is 0. The maximum absolute atomic E-state index is 2.99. The molecule has 0 nitrogen and oxygen atoms in total. The van der Waals surface area contributed by atoms with Crippen molar-refractivity contribution in [2.75, 3.05) is 0 Å². The maximum Gasteiger partial charge on any atom is 2.00 e. The van der Waals surface area contributed by atoms with E-state index in [1.165, 1.54) is 0 Å². The molecule has 0 aromatic carbocycles. The number of hydrogen-bond donors (Lipinski definition) is 0. The van der Waals surface area contributed by atoms with Gasteiger partial charge in [-0.25, -0.2) is 24.3 Å². The number of hydrogen-bond acceptors (Lipinski definition) is 0. The van der Waals surface area contributed by atoms with Gasteiger partial charge in [-0.2, -0.15) is 12.2 Å². The first-order chi connectivity index (χ1) is 7.00. The topological polar surface area (TPSA) is 0 Å². The van der Waals surface area contributed by atoms with Gasteiger partial charge in [-0.05, 0) is 5.41 Å². The Morgan fingerprint density at radius 2 is 1.12 bits per heavy atom. The van der Waals surface area contributed by atoms with Crippen LogP contribution in [-0.2, 0) is 26.2 Å². The summed E-state index contributed by atoms with van der Waals surface area (Å²) < 4.78 is 0. The zero-order valence-electron chi connectivity index (χ0n) is 10.9. The summed E-state index contributed by atoms with van der Waals surface area (Å²) in [6.07, 6.45) is 20.0. The molecule has 2 rings (SSSR count). The van der Waals surface area contributed by atoms with E-state index in [1.54, 1.807) is 0 Å². The van der Waals surface area contributed by atoms with Gasteiger partial charge in [0, 0.05) is 0 Å². The molecule has 0 radical (unpaired) electrons. The first kappa shape index (κ1) is 18.2. The van der Waals surface area contributed by atoms with Gasteiger partial charge in [-0.1, -0.05) is 27.7 Å². The van der Waals surface area contributed by atoms with Gasteiger partial charge in [0.05, 0.1) is 0 Å². The van der Waals surface area contributed by atoms with Gasteiger partial charge in [0.2, 0.25) is 0 Å². The van der Waals surface area contributed by atoms with Crippen LogP contribution < -0.4 is 0 Å². The molecule has 16 heavy (non-hydrogen) atoms. The zero-order chi connectivity index (χ0) is 11.6. The van der Waals surface area contributed by atoms with Crippen molar-refractivity contribution in [3.05, 3.63) is 48.6 Å². The van der Waals surface area contributed by atoms with Crippen molar-refractivity contribution in [3.8, 4) is 0 Å². The van der Waals surface area contributed by atoms with E-state index in [-0.39, 0.29) is 26.2 Å². The molecule has 0 unspecified atom stereocenters. The summed E-state index contributed by atoms with van der Waals surface area (Å²) in [6, 6.07) is 0. The van der Waals surface area contributed by atoms with Crippen LogP contribution in [0, 0.1) is 17.6 Å². The Morgan fingerprint density at radius 3 is 1.19 bits per heavy atom. The average Bonchev–Trinajstić information content (AvgIpc) is 2.81. The van der Waals surface area contributed by atoms with Gasteiger partial charge >= 0.3 is 26.2 Å². The number of allylic oxidation sites excluding steroid dienone is 8. The fourth-order valence-electron chi connectivity index (χ4n) is 0.680. The molecular formula is C15H22Zr. The van der Waals surface area contributed by atoms with Gasteiger partial charge < -0.3 is 0 Å². The molecule has 86 valence electrons. The van der Waals surface area contributed by atoms with Crippen LogP contribution in [-0.4, -0.2) is 0 Å². The van der Waals surface area contributed by atoms with Crippen molar-refractivity contribution in [1.29, 1.82) is 0 Å². The monoisotopic (exact) mass is 292 g/mol. The predicted molar refractivity (Wildman–Crippen MR) is 68.3 cm³/mol. The average molecular weight is 294 g/mol. The van der Waals surface area contributed by atoms with Gasteiger partial charge in [0.15, 0.2) is 0 Å². The Hall–Kier alpha value is -0.157. The van der Waals surface area contributed by atoms with Gasteiger partial charge in [0.1, 0.15) is 0 Å². The summed E-state index contributed by atoms with van der Waals surface area (Å²) in [5.41, 5.74) is 0.500. The van der Waals surface area contributed by atoms with Crippen molar-refractivity contribution in [2.45, 2.75) is 40.5 Å². The molecule has 0 atom stereocenters. The molecule has 0 spiro atoms. The molecule has 0 saturated heterocycles. The van der Waals surface area contributed by atoms with E-state index in [0.717, 1.165) is 12.8 Å². The first-order valence-corrected chi connectivity index (χ1v) is 5.43. The first-order valence-electron chi connectivity index (χ1n) is 5.43. The Balaban J connectivity index is 0. The second kappa shape index (κ2) is 11.3. The van der Waals surface area contributed by atoms with Crippen molar-refractivity contribution >= 4 is 0 Å². The largest absolute Gasteiger partial charge is 2.00 e. The minimum absolute atomic E-state index is 0. The van der Waals surface area contributed by atoms with Crippen molar-refractivity contribution < 1.29 is 26.2 Å². The molecule has 1 heteroatoms. The van der Waals surface area contributed by atoms with Gasteiger partial charge in [-0.15, -0.1) is 12.8 Å². The molecule has 0 saturated carbocycles. The smallest absolute Gasteiger partial charge is 0.273 e. The summed E-state index contributed by atoms with van der Waals surface area (Å²) in [5, 5.41) is 0. The molecule has 0 bridgehead atoms. The van der Waals surface area contributed by atoms with Crippen LogP contribution in [0.25, 0.3) is 0 Å². The van der Waals surface area contributed by atoms with Crippen LogP contribution in [0.4, 0.5) is 0 Å². The summed E-state index contributed by atoms with van der Waals surface area (Å²) in [6.45, 7) is 8.75. The van der Waals surface area contributed by atoms with Crippen LogP contribution in [0.2, 0.25) is 0 Å². The molecule has 0 amide bonds. The minimum Gasteiger partial charge on any atom is -0.273 e. The van der Waals surface area contributed by atoms with Crippen LogP contribution in [0.3, 0.4) is 0 Å². The third kappa shape index (κ3) is 23.6. The van der Waals surface area contributed by atoms with Crippen molar-refractivity contribution in [3.63, 3.8) is 0 Å². The maximum atomic E-state index is 2.99. The Kier molecular flexibility index (Phi) is 12.9. The van der Waals surface area contributed by atoms with E-state index in [9.17, 15) is 0 Å². The fraction of sp³-hybridized carbons (Fsp3) is 0.467. The fourth-order valence-corrected chi connectivity index (χ4v) is 0.680. The third-order valence-corrected chi connectivity index (χ3v) is 1.17. The second-order valence-corrected chi connectivity index (χ2v) is 5.01. The van der Waals surface area contributed by atoms with Gasteiger partial charge in [-0.3, -0.25) is 12.2 Å². The van der Waals surface area contributed by atoms with Crippen molar-refractivity contribution in [1.82, 2.24) is 0 Å². The Bertz CT molecular complexity index is 201. The molecule has 0 heterocycles. The van der Waals surface area contributed by atoms with E-state index >= 15 is 0 Å². The van der Waals surface area contributed by atoms with Crippen LogP contribution >= 0.6 is 0 Å². The van der Waals surface area contributed by atoms with Crippen LogP contribution in [0.5, 0.6) is 0 Å². The third-order valence-electron chi connectivity index (χ3n) is 1.17. The van der Waals surface area contributed by atoms with Crippen LogP contribution in [0.15, 0.2) is 36.5 Å². The van der Waals surface area contributed by atoms with Crippen LogP contribution in [0.1, 0.15) is 40.5 Å². The standard InChI is InChI=1S/2C5H5.C5H12.Zr/c2*1-2-4-5-3-1;1-5(2,3)4;/h2*1-3H,4H2;1-4H3;/q2*-1;;+2. The summed E-state index contributed by atoms with van der Waals surface area (Å²) in [7, 11) is 0. The summed E-state index contributed by atoms with van der Waals surface area (Å²) in [5.74, 6) is 0. The van der Waals surface area contributed by atoms with E-state index in [0.29, 0.717) is 5.41 Å². The van der Waals surface area contributed by atoms with E-state index in [2.05, 4.69) is 52.0 Å². The Labute approximate surface area is 120 Å². The molecular weight excluding hydrogens is 271 g/mol.